The number of hydrogen-bond acceptors (Lipinski definition) is 2. The van der Waals surface area contributed by atoms with Crippen molar-refractivity contribution in [3.05, 3.63) is 23.8 Å². The van der Waals surface area contributed by atoms with Gasteiger partial charge in [-0.15, -0.1) is 0 Å². The van der Waals surface area contributed by atoms with Crippen LogP contribution in [0.4, 0.5) is 5.69 Å². The number of carbonyl (C=O) groups is 1. The summed E-state index contributed by atoms with van der Waals surface area (Å²) in [4.78, 5) is 12.3. The van der Waals surface area contributed by atoms with Crippen molar-refractivity contribution >= 4 is 11.6 Å². The van der Waals surface area contributed by atoms with Crippen molar-refractivity contribution in [1.82, 2.24) is 0 Å². The molecule has 0 fully saturated rings. The Morgan fingerprint density at radius 1 is 0.897 bits per heavy atom. The number of hydrogen-bond donors (Lipinski definition) is 1. The summed E-state index contributed by atoms with van der Waals surface area (Å²) in [5, 5.41) is 3.06. The van der Waals surface area contributed by atoms with E-state index in [1.54, 1.807) is 0 Å². The zero-order chi connectivity index (χ0) is 21.0. The van der Waals surface area contributed by atoms with Gasteiger partial charge in [0.25, 0.3) is 0 Å². The first-order valence-electron chi connectivity index (χ1n) is 12.1. The lowest BCUT2D eigenvalue weighted by molar-refractivity contribution is -0.116. The fourth-order valence-electron chi connectivity index (χ4n) is 4.23. The first kappa shape index (κ1) is 23.8. The Balaban J connectivity index is 1.48. The summed E-state index contributed by atoms with van der Waals surface area (Å²) in [6.45, 7) is 6.45. The molecule has 1 amide bonds. The molecular weight excluding hydrogens is 358 g/mol. The predicted octanol–water partition coefficient (Wildman–Crippen LogP) is 7.82. The minimum atomic E-state index is -0.182. The highest BCUT2D eigenvalue weighted by Gasteiger charge is 2.31. The Morgan fingerprint density at radius 2 is 1.45 bits per heavy atom. The van der Waals surface area contributed by atoms with Gasteiger partial charge in [-0.3, -0.25) is 4.79 Å². The summed E-state index contributed by atoms with van der Waals surface area (Å²) in [6, 6.07) is 6.04. The van der Waals surface area contributed by atoms with Gasteiger partial charge in [-0.2, -0.15) is 0 Å². The van der Waals surface area contributed by atoms with Crippen molar-refractivity contribution in [3.63, 3.8) is 0 Å². The zero-order valence-corrected chi connectivity index (χ0v) is 19.2. The molecule has 164 valence electrons. The van der Waals surface area contributed by atoms with Crippen LogP contribution in [-0.2, 0) is 11.2 Å². The Labute approximate surface area is 179 Å². The third-order valence-corrected chi connectivity index (χ3v) is 5.87. The van der Waals surface area contributed by atoms with E-state index < -0.39 is 0 Å². The van der Waals surface area contributed by atoms with Crippen LogP contribution >= 0.6 is 0 Å². The third kappa shape index (κ3) is 9.23. The third-order valence-electron chi connectivity index (χ3n) is 5.87. The second-order valence-electron chi connectivity index (χ2n) is 9.37. The number of amides is 1. The van der Waals surface area contributed by atoms with Crippen molar-refractivity contribution in [2.75, 3.05) is 5.32 Å². The largest absolute Gasteiger partial charge is 0.485 e. The van der Waals surface area contributed by atoms with Crippen LogP contribution in [-0.4, -0.2) is 11.5 Å². The van der Waals surface area contributed by atoms with Gasteiger partial charge in [0.15, 0.2) is 0 Å². The minimum Gasteiger partial charge on any atom is -0.485 e. The Kier molecular flexibility index (Phi) is 10.6. The molecule has 0 unspecified atom stereocenters. The molecule has 2 rings (SSSR count). The van der Waals surface area contributed by atoms with Gasteiger partial charge >= 0.3 is 0 Å². The van der Waals surface area contributed by atoms with Gasteiger partial charge in [0.1, 0.15) is 11.4 Å². The second kappa shape index (κ2) is 12.9. The molecule has 3 heteroatoms. The molecule has 1 aliphatic heterocycles. The molecule has 1 aromatic carbocycles. The monoisotopic (exact) mass is 401 g/mol. The first-order chi connectivity index (χ1) is 14.0. The zero-order valence-electron chi connectivity index (χ0n) is 19.2. The van der Waals surface area contributed by atoms with Crippen LogP contribution < -0.4 is 10.1 Å². The van der Waals surface area contributed by atoms with Crippen LogP contribution in [0.25, 0.3) is 0 Å². The Bertz CT molecular complexity index is 609. The summed E-state index contributed by atoms with van der Waals surface area (Å²) < 4.78 is 6.03. The molecule has 1 aromatic rings. The molecule has 0 saturated carbocycles. The SMILES string of the molecule is CCCCCCCCCCCCCCCC(=O)Nc1cccc2c1OC(C)(C)C2. The molecule has 29 heavy (non-hydrogen) atoms. The van der Waals surface area contributed by atoms with Crippen molar-refractivity contribution in [2.24, 2.45) is 0 Å². The highest BCUT2D eigenvalue weighted by atomic mass is 16.5. The lowest BCUT2D eigenvalue weighted by Crippen LogP contribution is -2.25. The molecule has 0 bridgehead atoms. The van der Waals surface area contributed by atoms with Crippen molar-refractivity contribution in [2.45, 2.75) is 123 Å². The van der Waals surface area contributed by atoms with Gasteiger partial charge < -0.3 is 10.1 Å². The van der Waals surface area contributed by atoms with E-state index >= 15 is 0 Å². The van der Waals surface area contributed by atoms with Gasteiger partial charge in [-0.05, 0) is 26.3 Å². The summed E-state index contributed by atoms with van der Waals surface area (Å²) in [6.07, 6.45) is 18.7. The van der Waals surface area contributed by atoms with Gasteiger partial charge in [0.2, 0.25) is 5.91 Å². The van der Waals surface area contributed by atoms with Gasteiger partial charge in [-0.1, -0.05) is 96.1 Å². The van der Waals surface area contributed by atoms with Crippen molar-refractivity contribution in [3.8, 4) is 5.75 Å². The molecular formula is C26H43NO2. The molecule has 0 aromatic heterocycles. The molecule has 0 saturated heterocycles. The Morgan fingerprint density at radius 3 is 2.03 bits per heavy atom. The second-order valence-corrected chi connectivity index (χ2v) is 9.37. The maximum Gasteiger partial charge on any atom is 0.224 e. The van der Waals surface area contributed by atoms with E-state index in [-0.39, 0.29) is 11.5 Å². The van der Waals surface area contributed by atoms with Gasteiger partial charge in [0.05, 0.1) is 5.69 Å². The number of anilines is 1. The molecule has 3 nitrogen and oxygen atoms in total. The maximum atomic E-state index is 12.3. The van der Waals surface area contributed by atoms with E-state index in [4.69, 9.17) is 4.74 Å². The topological polar surface area (TPSA) is 38.3 Å². The van der Waals surface area contributed by atoms with Crippen LogP contribution in [0, 0.1) is 0 Å². The number of nitrogens with one attached hydrogen (secondary N) is 1. The van der Waals surface area contributed by atoms with Crippen LogP contribution in [0.15, 0.2) is 18.2 Å². The molecule has 0 radical (unpaired) electrons. The highest BCUT2D eigenvalue weighted by Crippen LogP contribution is 2.40. The standard InChI is InChI=1S/C26H43NO2/c1-4-5-6-7-8-9-10-11-12-13-14-15-16-20-24(28)27-23-19-17-18-22-21-26(2,3)29-25(22)23/h17-19H,4-16,20-21H2,1-3H3,(H,27,28). The highest BCUT2D eigenvalue weighted by molar-refractivity contribution is 5.92. The van der Waals surface area contributed by atoms with Crippen LogP contribution in [0.2, 0.25) is 0 Å². The Hall–Kier alpha value is -1.51. The smallest absolute Gasteiger partial charge is 0.224 e. The van der Waals surface area contributed by atoms with Crippen LogP contribution in [0.5, 0.6) is 5.75 Å². The predicted molar refractivity (Wildman–Crippen MR) is 124 cm³/mol. The van der Waals surface area contributed by atoms with Crippen molar-refractivity contribution in [1.29, 1.82) is 0 Å². The van der Waals surface area contributed by atoms with E-state index in [1.807, 2.05) is 12.1 Å². The molecule has 0 aliphatic carbocycles. The number of carbonyl (C=O) groups excluding carboxylic acids is 1. The lowest BCUT2D eigenvalue weighted by Gasteiger charge is -2.18. The molecule has 0 atom stereocenters. The fraction of sp³-hybridized carbons (Fsp3) is 0.731. The van der Waals surface area contributed by atoms with Crippen molar-refractivity contribution < 1.29 is 9.53 Å². The summed E-state index contributed by atoms with van der Waals surface area (Å²) >= 11 is 0. The number of unbranched alkanes of at least 4 members (excludes halogenated alkanes) is 12. The summed E-state index contributed by atoms with van der Waals surface area (Å²) in [5.41, 5.74) is 1.83. The average Bonchev–Trinajstić information content (AvgIpc) is 3.00. The fourth-order valence-corrected chi connectivity index (χ4v) is 4.23. The quantitative estimate of drug-likeness (QED) is 0.304. The normalized spacial score (nSPS) is 14.4. The molecule has 1 heterocycles. The van der Waals surface area contributed by atoms with Gasteiger partial charge in [-0.25, -0.2) is 0 Å². The van der Waals surface area contributed by atoms with E-state index in [9.17, 15) is 4.79 Å². The molecule has 1 N–H and O–H groups in total. The number of rotatable bonds is 15. The van der Waals surface area contributed by atoms with E-state index in [2.05, 4.69) is 32.2 Å². The van der Waals surface area contributed by atoms with Crippen LogP contribution in [0.1, 0.15) is 116 Å². The number of fused-ring (bicyclic) bond motifs is 1. The average molecular weight is 402 g/mol. The summed E-state index contributed by atoms with van der Waals surface area (Å²) in [5.74, 6) is 0.964. The van der Waals surface area contributed by atoms with Crippen LogP contribution in [0.3, 0.4) is 0 Å². The number of benzene rings is 1. The molecule has 0 spiro atoms. The summed E-state index contributed by atoms with van der Waals surface area (Å²) in [7, 11) is 0. The number of ether oxygens (including phenoxy) is 1. The number of para-hydroxylation sites is 1. The molecule has 1 aliphatic rings. The maximum absolute atomic E-state index is 12.3. The lowest BCUT2D eigenvalue weighted by atomic mass is 10.0. The van der Waals surface area contributed by atoms with E-state index in [0.29, 0.717) is 6.42 Å². The van der Waals surface area contributed by atoms with Gasteiger partial charge in [0, 0.05) is 18.4 Å². The first-order valence-corrected chi connectivity index (χ1v) is 12.1. The minimum absolute atomic E-state index is 0.106. The van der Waals surface area contributed by atoms with E-state index in [0.717, 1.165) is 30.7 Å². The van der Waals surface area contributed by atoms with E-state index in [1.165, 1.54) is 76.2 Å².